The SMILES string of the molecule is CCOC(=O)c1c(C)n(CC)c2ccc(OC3CCCC3)cc12. The van der Waals surface area contributed by atoms with Gasteiger partial charge in [-0.1, -0.05) is 0 Å². The third-order valence-corrected chi connectivity index (χ3v) is 4.70. The van der Waals surface area contributed by atoms with Gasteiger partial charge in [0.15, 0.2) is 0 Å². The second kappa shape index (κ2) is 6.65. The number of nitrogens with zero attached hydrogens (tertiary/aromatic N) is 1. The topological polar surface area (TPSA) is 40.5 Å². The maximum atomic E-state index is 12.4. The Morgan fingerprint density at radius 3 is 2.65 bits per heavy atom. The van der Waals surface area contributed by atoms with E-state index in [2.05, 4.69) is 17.6 Å². The van der Waals surface area contributed by atoms with E-state index < -0.39 is 0 Å². The molecule has 0 N–H and O–H groups in total. The van der Waals surface area contributed by atoms with Crippen LogP contribution in [0.1, 0.15) is 55.6 Å². The molecule has 4 heteroatoms. The molecule has 0 aliphatic heterocycles. The van der Waals surface area contributed by atoms with Gasteiger partial charge in [-0.15, -0.1) is 0 Å². The Morgan fingerprint density at radius 1 is 1.26 bits per heavy atom. The molecule has 124 valence electrons. The van der Waals surface area contributed by atoms with Crippen LogP contribution in [-0.4, -0.2) is 23.2 Å². The number of hydrogen-bond acceptors (Lipinski definition) is 3. The van der Waals surface area contributed by atoms with Gasteiger partial charge in [0.1, 0.15) is 5.75 Å². The molecule has 4 nitrogen and oxygen atoms in total. The Morgan fingerprint density at radius 2 is 2.00 bits per heavy atom. The molecule has 23 heavy (non-hydrogen) atoms. The van der Waals surface area contributed by atoms with Crippen molar-refractivity contribution in [1.82, 2.24) is 4.57 Å². The van der Waals surface area contributed by atoms with Gasteiger partial charge in [0.25, 0.3) is 0 Å². The van der Waals surface area contributed by atoms with E-state index in [1.807, 2.05) is 26.0 Å². The average molecular weight is 315 g/mol. The highest BCUT2D eigenvalue weighted by Crippen LogP contribution is 2.32. The summed E-state index contributed by atoms with van der Waals surface area (Å²) in [4.78, 5) is 12.4. The van der Waals surface area contributed by atoms with Gasteiger partial charge in [-0.2, -0.15) is 0 Å². The van der Waals surface area contributed by atoms with E-state index in [9.17, 15) is 4.79 Å². The minimum Gasteiger partial charge on any atom is -0.490 e. The van der Waals surface area contributed by atoms with Gasteiger partial charge in [-0.05, 0) is 64.7 Å². The third kappa shape index (κ3) is 2.94. The molecule has 2 aromatic rings. The monoisotopic (exact) mass is 315 g/mol. The molecule has 0 saturated heterocycles. The molecular weight excluding hydrogens is 290 g/mol. The summed E-state index contributed by atoms with van der Waals surface area (Å²) in [5, 5.41) is 0.929. The van der Waals surface area contributed by atoms with Crippen LogP contribution in [0.4, 0.5) is 0 Å². The first kappa shape index (κ1) is 15.9. The highest BCUT2D eigenvalue weighted by Gasteiger charge is 2.22. The number of benzene rings is 1. The Bertz CT molecular complexity index is 711. The number of esters is 1. The van der Waals surface area contributed by atoms with Gasteiger partial charge in [-0.25, -0.2) is 4.79 Å². The molecule has 0 spiro atoms. The first-order valence-electron chi connectivity index (χ1n) is 8.62. The molecule has 0 unspecified atom stereocenters. The van der Waals surface area contributed by atoms with E-state index in [4.69, 9.17) is 9.47 Å². The third-order valence-electron chi connectivity index (χ3n) is 4.70. The van der Waals surface area contributed by atoms with E-state index in [0.29, 0.717) is 18.3 Å². The maximum Gasteiger partial charge on any atom is 0.340 e. The summed E-state index contributed by atoms with van der Waals surface area (Å²) in [7, 11) is 0. The second-order valence-corrected chi connectivity index (χ2v) is 6.13. The van der Waals surface area contributed by atoms with Crippen molar-refractivity contribution in [3.63, 3.8) is 0 Å². The molecule has 0 amide bonds. The van der Waals surface area contributed by atoms with Crippen molar-refractivity contribution in [1.29, 1.82) is 0 Å². The van der Waals surface area contributed by atoms with Crippen LogP contribution in [0.2, 0.25) is 0 Å². The van der Waals surface area contributed by atoms with Crippen molar-refractivity contribution in [2.24, 2.45) is 0 Å². The van der Waals surface area contributed by atoms with E-state index >= 15 is 0 Å². The zero-order chi connectivity index (χ0) is 16.4. The van der Waals surface area contributed by atoms with Crippen molar-refractivity contribution >= 4 is 16.9 Å². The number of carbonyl (C=O) groups is 1. The van der Waals surface area contributed by atoms with Crippen LogP contribution in [-0.2, 0) is 11.3 Å². The Labute approximate surface area is 137 Å². The lowest BCUT2D eigenvalue weighted by Crippen LogP contribution is -2.10. The molecule has 1 saturated carbocycles. The molecule has 0 radical (unpaired) electrons. The molecule has 1 aromatic heterocycles. The van der Waals surface area contributed by atoms with Gasteiger partial charge in [-0.3, -0.25) is 0 Å². The average Bonchev–Trinajstić information content (AvgIpc) is 3.12. The molecule has 1 aromatic carbocycles. The zero-order valence-electron chi connectivity index (χ0n) is 14.2. The standard InChI is InChI=1S/C19H25NO3/c1-4-20-13(3)18(19(21)22-5-2)16-12-15(10-11-17(16)20)23-14-8-6-7-9-14/h10-12,14H,4-9H2,1-3H3. The molecule has 0 atom stereocenters. The van der Waals surface area contributed by atoms with Crippen molar-refractivity contribution in [3.8, 4) is 5.75 Å². The normalized spacial score (nSPS) is 15.3. The van der Waals surface area contributed by atoms with Gasteiger partial charge in [0, 0.05) is 23.1 Å². The lowest BCUT2D eigenvalue weighted by molar-refractivity contribution is 0.0527. The van der Waals surface area contributed by atoms with E-state index in [1.165, 1.54) is 12.8 Å². The summed E-state index contributed by atoms with van der Waals surface area (Å²) in [5.74, 6) is 0.600. The van der Waals surface area contributed by atoms with E-state index in [0.717, 1.165) is 41.7 Å². The Hall–Kier alpha value is -1.97. The number of carbonyl (C=O) groups excluding carboxylic acids is 1. The molecule has 1 heterocycles. The summed E-state index contributed by atoms with van der Waals surface area (Å²) in [6, 6.07) is 6.07. The number of aryl methyl sites for hydroxylation is 1. The van der Waals surface area contributed by atoms with Crippen LogP contribution in [0.15, 0.2) is 18.2 Å². The number of ether oxygens (including phenoxy) is 2. The summed E-state index contributed by atoms with van der Waals surface area (Å²) < 4.78 is 13.5. The molecule has 3 rings (SSSR count). The molecular formula is C19H25NO3. The molecule has 0 bridgehead atoms. The highest BCUT2D eigenvalue weighted by molar-refractivity contribution is 6.06. The van der Waals surface area contributed by atoms with Crippen LogP contribution in [0.25, 0.3) is 10.9 Å². The predicted molar refractivity (Wildman–Crippen MR) is 91.2 cm³/mol. The number of rotatable bonds is 5. The molecule has 1 aliphatic rings. The van der Waals surface area contributed by atoms with Crippen LogP contribution in [0.5, 0.6) is 5.75 Å². The van der Waals surface area contributed by atoms with Crippen molar-refractivity contribution < 1.29 is 14.3 Å². The largest absolute Gasteiger partial charge is 0.490 e. The quantitative estimate of drug-likeness (QED) is 0.764. The smallest absolute Gasteiger partial charge is 0.340 e. The van der Waals surface area contributed by atoms with Gasteiger partial charge in [0.05, 0.1) is 18.3 Å². The lowest BCUT2D eigenvalue weighted by Gasteiger charge is -2.13. The fraction of sp³-hybridized carbons (Fsp3) is 0.526. The maximum absolute atomic E-state index is 12.4. The first-order valence-corrected chi connectivity index (χ1v) is 8.62. The summed E-state index contributed by atoms with van der Waals surface area (Å²) in [6.45, 7) is 7.11. The second-order valence-electron chi connectivity index (χ2n) is 6.13. The van der Waals surface area contributed by atoms with Gasteiger partial charge in [0.2, 0.25) is 0 Å². The molecule has 1 aliphatic carbocycles. The Balaban J connectivity index is 2.04. The van der Waals surface area contributed by atoms with Gasteiger partial charge >= 0.3 is 5.97 Å². The van der Waals surface area contributed by atoms with Crippen molar-refractivity contribution in [2.45, 2.75) is 59.1 Å². The number of hydrogen-bond donors (Lipinski definition) is 0. The first-order chi connectivity index (χ1) is 11.2. The van der Waals surface area contributed by atoms with Crippen molar-refractivity contribution in [3.05, 3.63) is 29.5 Å². The van der Waals surface area contributed by atoms with Crippen LogP contribution < -0.4 is 4.74 Å². The van der Waals surface area contributed by atoms with Gasteiger partial charge < -0.3 is 14.0 Å². The van der Waals surface area contributed by atoms with Crippen LogP contribution >= 0.6 is 0 Å². The minimum atomic E-state index is -0.250. The van der Waals surface area contributed by atoms with Crippen LogP contribution in [0.3, 0.4) is 0 Å². The fourth-order valence-corrected chi connectivity index (χ4v) is 3.60. The van der Waals surface area contributed by atoms with E-state index in [-0.39, 0.29) is 5.97 Å². The lowest BCUT2D eigenvalue weighted by atomic mass is 10.1. The zero-order valence-corrected chi connectivity index (χ0v) is 14.2. The predicted octanol–water partition coefficient (Wildman–Crippen LogP) is 4.47. The summed E-state index contributed by atoms with van der Waals surface area (Å²) in [6.07, 6.45) is 5.04. The highest BCUT2D eigenvalue weighted by atomic mass is 16.5. The number of aromatic nitrogens is 1. The number of fused-ring (bicyclic) bond motifs is 1. The Kier molecular flexibility index (Phi) is 4.60. The van der Waals surface area contributed by atoms with Crippen molar-refractivity contribution in [2.75, 3.05) is 6.61 Å². The summed E-state index contributed by atoms with van der Waals surface area (Å²) in [5.41, 5.74) is 2.69. The summed E-state index contributed by atoms with van der Waals surface area (Å²) >= 11 is 0. The molecule has 1 fully saturated rings. The minimum absolute atomic E-state index is 0.250. The van der Waals surface area contributed by atoms with Crippen LogP contribution in [0, 0.1) is 6.92 Å². The van der Waals surface area contributed by atoms with E-state index in [1.54, 1.807) is 0 Å². The fourth-order valence-electron chi connectivity index (χ4n) is 3.60.